The normalized spacial score (nSPS) is 14.8. The monoisotopic (exact) mass is 381 g/mol. The van der Waals surface area contributed by atoms with Crippen LogP contribution in [0.15, 0.2) is 45.8 Å². The largest absolute Gasteiger partial charge is 0.461 e. The molecule has 8 heteroatoms. The van der Waals surface area contributed by atoms with Crippen LogP contribution in [-0.2, 0) is 11.3 Å². The van der Waals surface area contributed by atoms with Crippen LogP contribution in [0.1, 0.15) is 31.4 Å². The van der Waals surface area contributed by atoms with Gasteiger partial charge in [0.15, 0.2) is 5.76 Å². The number of hydrogen-bond donors (Lipinski definition) is 0. The standard InChI is InChI=1S/C20H23N5O3/c1-15-8-6-10-17(21-15)25-19(16-9-7-13-28-16)22-24(20(25)27)14-18(26)23-11-4-2-3-5-12-23/h6-10,13H,2-5,11-12,14H2,1H3. The average molecular weight is 381 g/mol. The van der Waals surface area contributed by atoms with E-state index in [1.807, 2.05) is 24.0 Å². The van der Waals surface area contributed by atoms with Crippen molar-refractivity contribution < 1.29 is 9.21 Å². The third-order valence-electron chi connectivity index (χ3n) is 4.93. The lowest BCUT2D eigenvalue weighted by Crippen LogP contribution is -2.37. The Labute approximate surface area is 162 Å². The molecule has 0 atom stereocenters. The van der Waals surface area contributed by atoms with E-state index < -0.39 is 5.69 Å². The van der Waals surface area contributed by atoms with Crippen LogP contribution >= 0.6 is 0 Å². The lowest BCUT2D eigenvalue weighted by molar-refractivity contribution is -0.132. The third-order valence-corrected chi connectivity index (χ3v) is 4.93. The Kier molecular flexibility index (Phi) is 5.10. The van der Waals surface area contributed by atoms with Crippen molar-refractivity contribution in [3.05, 3.63) is 52.8 Å². The van der Waals surface area contributed by atoms with E-state index in [-0.39, 0.29) is 12.5 Å². The molecule has 0 aliphatic carbocycles. The molecule has 3 aromatic heterocycles. The summed E-state index contributed by atoms with van der Waals surface area (Å²) in [7, 11) is 0. The minimum atomic E-state index is -0.410. The highest BCUT2D eigenvalue weighted by Gasteiger charge is 2.23. The maximum absolute atomic E-state index is 13.1. The van der Waals surface area contributed by atoms with Crippen LogP contribution in [0.25, 0.3) is 17.4 Å². The topological polar surface area (TPSA) is 86.2 Å². The summed E-state index contributed by atoms with van der Waals surface area (Å²) in [6.07, 6.45) is 5.80. The lowest BCUT2D eigenvalue weighted by atomic mass is 10.2. The van der Waals surface area contributed by atoms with Gasteiger partial charge in [0, 0.05) is 18.8 Å². The minimum Gasteiger partial charge on any atom is -0.461 e. The SMILES string of the molecule is Cc1cccc(-n2c(-c3ccco3)nn(CC(=O)N3CCCCCC3)c2=O)n1. The summed E-state index contributed by atoms with van der Waals surface area (Å²) in [5.74, 6) is 1.14. The van der Waals surface area contributed by atoms with Crippen LogP contribution in [0, 0.1) is 6.92 Å². The number of carbonyl (C=O) groups excluding carboxylic acids is 1. The van der Waals surface area contributed by atoms with Crippen molar-refractivity contribution in [1.29, 1.82) is 0 Å². The van der Waals surface area contributed by atoms with E-state index in [4.69, 9.17) is 4.42 Å². The molecule has 0 bridgehead atoms. The Morgan fingerprint density at radius 1 is 1.11 bits per heavy atom. The van der Waals surface area contributed by atoms with Crippen molar-refractivity contribution in [3.63, 3.8) is 0 Å². The maximum atomic E-state index is 13.1. The second-order valence-corrected chi connectivity index (χ2v) is 7.01. The highest BCUT2D eigenvalue weighted by Crippen LogP contribution is 2.19. The van der Waals surface area contributed by atoms with E-state index in [1.165, 1.54) is 15.5 Å². The van der Waals surface area contributed by atoms with Gasteiger partial charge >= 0.3 is 5.69 Å². The lowest BCUT2D eigenvalue weighted by Gasteiger charge is -2.19. The first-order valence-electron chi connectivity index (χ1n) is 9.59. The first kappa shape index (κ1) is 18.2. The first-order chi connectivity index (χ1) is 13.6. The van der Waals surface area contributed by atoms with E-state index in [0.29, 0.717) is 17.4 Å². The van der Waals surface area contributed by atoms with Gasteiger partial charge in [0.2, 0.25) is 11.7 Å². The number of aryl methyl sites for hydroxylation is 1. The number of amides is 1. The van der Waals surface area contributed by atoms with Gasteiger partial charge in [-0.15, -0.1) is 5.10 Å². The second kappa shape index (κ2) is 7.84. The molecule has 0 unspecified atom stereocenters. The molecule has 1 aliphatic rings. The summed E-state index contributed by atoms with van der Waals surface area (Å²) in [6, 6.07) is 8.89. The van der Waals surface area contributed by atoms with Gasteiger partial charge in [-0.05, 0) is 44.0 Å². The van der Waals surface area contributed by atoms with Gasteiger partial charge < -0.3 is 9.32 Å². The molecule has 0 radical (unpaired) electrons. The minimum absolute atomic E-state index is 0.0863. The van der Waals surface area contributed by atoms with Crippen molar-refractivity contribution in [2.75, 3.05) is 13.1 Å². The fourth-order valence-corrected chi connectivity index (χ4v) is 3.48. The molecule has 28 heavy (non-hydrogen) atoms. The molecule has 0 spiro atoms. The van der Waals surface area contributed by atoms with Gasteiger partial charge in [0.05, 0.1) is 6.26 Å². The predicted molar refractivity (Wildman–Crippen MR) is 103 cm³/mol. The Hall–Kier alpha value is -3.16. The molecule has 4 rings (SSSR count). The first-order valence-corrected chi connectivity index (χ1v) is 9.59. The highest BCUT2D eigenvalue weighted by molar-refractivity contribution is 5.76. The molecule has 1 amide bonds. The number of nitrogens with zero attached hydrogens (tertiary/aromatic N) is 5. The Morgan fingerprint density at radius 3 is 2.57 bits per heavy atom. The summed E-state index contributed by atoms with van der Waals surface area (Å²) < 4.78 is 8.05. The van der Waals surface area contributed by atoms with Crippen LogP contribution < -0.4 is 5.69 Å². The summed E-state index contributed by atoms with van der Waals surface area (Å²) in [5.41, 5.74) is 0.371. The van der Waals surface area contributed by atoms with Gasteiger partial charge in [-0.2, -0.15) is 0 Å². The zero-order chi connectivity index (χ0) is 19.5. The molecule has 8 nitrogen and oxygen atoms in total. The molecule has 1 saturated heterocycles. The van der Waals surface area contributed by atoms with Gasteiger partial charge in [0.1, 0.15) is 12.4 Å². The van der Waals surface area contributed by atoms with E-state index in [1.54, 1.807) is 18.2 Å². The summed E-state index contributed by atoms with van der Waals surface area (Å²) in [5, 5.41) is 4.40. The fraction of sp³-hybridized carbons (Fsp3) is 0.400. The van der Waals surface area contributed by atoms with E-state index in [0.717, 1.165) is 44.5 Å². The van der Waals surface area contributed by atoms with Gasteiger partial charge in [-0.3, -0.25) is 4.79 Å². The third kappa shape index (κ3) is 3.62. The van der Waals surface area contributed by atoms with Crippen LogP contribution in [0.4, 0.5) is 0 Å². The maximum Gasteiger partial charge on any atom is 0.352 e. The number of carbonyl (C=O) groups is 1. The molecule has 3 aromatic rings. The molecule has 0 aromatic carbocycles. The van der Waals surface area contributed by atoms with Gasteiger partial charge in [-0.1, -0.05) is 18.9 Å². The van der Waals surface area contributed by atoms with Gasteiger partial charge in [0.25, 0.3) is 0 Å². The van der Waals surface area contributed by atoms with Crippen molar-refractivity contribution in [3.8, 4) is 17.4 Å². The van der Waals surface area contributed by atoms with E-state index in [9.17, 15) is 9.59 Å². The zero-order valence-electron chi connectivity index (χ0n) is 15.9. The molecular weight excluding hydrogens is 358 g/mol. The number of aromatic nitrogens is 4. The van der Waals surface area contributed by atoms with Gasteiger partial charge in [-0.25, -0.2) is 19.0 Å². The van der Waals surface area contributed by atoms with Crippen LogP contribution in [0.5, 0.6) is 0 Å². The van der Waals surface area contributed by atoms with Crippen molar-refractivity contribution in [2.24, 2.45) is 0 Å². The highest BCUT2D eigenvalue weighted by atomic mass is 16.3. The van der Waals surface area contributed by atoms with E-state index in [2.05, 4.69) is 10.1 Å². The smallest absolute Gasteiger partial charge is 0.352 e. The number of likely N-dealkylation sites (tertiary alicyclic amines) is 1. The van der Waals surface area contributed by atoms with Crippen molar-refractivity contribution in [1.82, 2.24) is 24.2 Å². The molecule has 146 valence electrons. The molecule has 4 heterocycles. The summed E-state index contributed by atoms with van der Waals surface area (Å²) in [4.78, 5) is 32.1. The van der Waals surface area contributed by atoms with Crippen LogP contribution in [0.2, 0.25) is 0 Å². The number of furan rings is 1. The molecule has 1 aliphatic heterocycles. The Bertz CT molecular complexity index is 1010. The van der Waals surface area contributed by atoms with Crippen LogP contribution in [0.3, 0.4) is 0 Å². The fourth-order valence-electron chi connectivity index (χ4n) is 3.48. The summed E-state index contributed by atoms with van der Waals surface area (Å²) >= 11 is 0. The van der Waals surface area contributed by atoms with Crippen molar-refractivity contribution >= 4 is 5.91 Å². The zero-order valence-corrected chi connectivity index (χ0v) is 15.9. The molecule has 1 fully saturated rings. The number of rotatable bonds is 4. The van der Waals surface area contributed by atoms with Crippen molar-refractivity contribution in [2.45, 2.75) is 39.2 Å². The van der Waals surface area contributed by atoms with Crippen LogP contribution in [-0.4, -0.2) is 43.2 Å². The summed E-state index contributed by atoms with van der Waals surface area (Å²) in [6.45, 7) is 3.23. The quantitative estimate of drug-likeness (QED) is 0.693. The Balaban J connectivity index is 1.72. The second-order valence-electron chi connectivity index (χ2n) is 7.01. The number of pyridine rings is 1. The molecule has 0 saturated carbocycles. The molecule has 0 N–H and O–H groups in total. The van der Waals surface area contributed by atoms with E-state index >= 15 is 0 Å². The molecular formula is C20H23N5O3. The number of hydrogen-bond acceptors (Lipinski definition) is 5. The average Bonchev–Trinajstić information content (AvgIpc) is 3.22. The Morgan fingerprint density at radius 2 is 1.89 bits per heavy atom. The predicted octanol–water partition coefficient (Wildman–Crippen LogP) is 2.40.